The standard InChI is InChI=1S/Ga.H2O.2O.V.3H/h;1H2;;;;;;/q;;;;+1;;;/p-1. The van der Waals surface area contributed by atoms with Crippen LogP contribution in [0.15, 0.2) is 0 Å². The molecule has 0 aliphatic heterocycles. The molecule has 5 heavy (non-hydrogen) atoms. The van der Waals surface area contributed by atoms with Crippen LogP contribution >= 0.6 is 0 Å². The van der Waals surface area contributed by atoms with Gasteiger partial charge in [0, 0.05) is 0 Å². The van der Waals surface area contributed by atoms with Crippen LogP contribution in [0.3, 0.4) is 0 Å². The first-order chi connectivity index (χ1) is 1.73. The molecule has 30 valence electrons. The van der Waals surface area contributed by atoms with E-state index >= 15 is 0 Å². The summed E-state index contributed by atoms with van der Waals surface area (Å²) in [5.41, 5.74) is 0. The first kappa shape index (κ1) is 9.24. The summed E-state index contributed by atoms with van der Waals surface area (Å²) < 4.78 is 24.4. The third-order valence-electron chi connectivity index (χ3n) is 0. The van der Waals surface area contributed by atoms with Gasteiger partial charge in [0.25, 0.3) is 0 Å². The Morgan fingerprint density at radius 2 is 1.40 bits per heavy atom. The van der Waals surface area contributed by atoms with Gasteiger partial charge in [0.05, 0.1) is 0 Å². The molecule has 0 spiro atoms. The van der Waals surface area contributed by atoms with Crippen molar-refractivity contribution in [1.82, 2.24) is 0 Å². The van der Waals surface area contributed by atoms with Crippen molar-refractivity contribution in [2.75, 3.05) is 0 Å². The summed E-state index contributed by atoms with van der Waals surface area (Å²) in [5.74, 6) is 0. The van der Waals surface area contributed by atoms with Gasteiger partial charge in [0.15, 0.2) is 0 Å². The van der Waals surface area contributed by atoms with E-state index in [1.807, 2.05) is 0 Å². The minimum atomic E-state index is -3.69. The molecule has 5 heteroatoms. The average molecular weight is 173 g/mol. The second-order valence-electron chi connectivity index (χ2n) is 0.238. The fraction of sp³-hybridized carbons (Fsp3) is 0. The third-order valence-corrected chi connectivity index (χ3v) is 0. The zero-order valence-corrected chi connectivity index (χ0v) is 3.11. The molecular formula is H4GaO3V. The molecule has 0 aromatic heterocycles. The third kappa shape index (κ3) is 60.6. The molecule has 1 N–H and O–H groups in total. The van der Waals surface area contributed by atoms with Crippen LogP contribution in [-0.4, -0.2) is 23.8 Å². The van der Waals surface area contributed by atoms with Gasteiger partial charge in [-0.15, -0.1) is 0 Å². The van der Waals surface area contributed by atoms with E-state index in [9.17, 15) is 0 Å². The Labute approximate surface area is 46.8 Å². The summed E-state index contributed by atoms with van der Waals surface area (Å²) in [5, 5.41) is 0. The Bertz CT molecular complexity index is 55.3. The molecule has 0 radical (unpaired) electrons. The van der Waals surface area contributed by atoms with Gasteiger partial charge in [-0.25, -0.2) is 0 Å². The van der Waals surface area contributed by atoms with Crippen molar-refractivity contribution in [2.45, 2.75) is 0 Å². The molecule has 0 aromatic carbocycles. The molecule has 0 amide bonds. The summed E-state index contributed by atoms with van der Waals surface area (Å²) in [6.45, 7) is 0. The van der Waals surface area contributed by atoms with E-state index in [2.05, 4.69) is 0 Å². The number of hydrogen-bond acceptors (Lipinski definition) is 2. The normalized spacial score (nSPS) is 5.00. The zero-order chi connectivity index (χ0) is 3.58. The van der Waals surface area contributed by atoms with Gasteiger partial charge in [-0.3, -0.25) is 0 Å². The molecule has 0 aliphatic carbocycles. The minimum absolute atomic E-state index is 0. The summed E-state index contributed by atoms with van der Waals surface area (Å²) in [6, 6.07) is 0. The van der Waals surface area contributed by atoms with Crippen LogP contribution in [-0.2, 0) is 22.7 Å². The summed E-state index contributed by atoms with van der Waals surface area (Å²) in [4.78, 5) is 0. The van der Waals surface area contributed by atoms with Crippen LogP contribution in [0.2, 0.25) is 0 Å². The molecule has 0 rings (SSSR count). The fourth-order valence-electron chi connectivity index (χ4n) is 0. The van der Waals surface area contributed by atoms with Crippen LogP contribution in [0.1, 0.15) is 0 Å². The van der Waals surface area contributed by atoms with Crippen molar-refractivity contribution in [3.05, 3.63) is 0 Å². The Kier molecular flexibility index (Phi) is 8.84. The fourth-order valence-corrected chi connectivity index (χ4v) is 0. The topological polar surface area (TPSA) is 54.4 Å². The molecule has 0 heterocycles. The van der Waals surface area contributed by atoms with Gasteiger partial charge < -0.3 is 0 Å². The van der Waals surface area contributed by atoms with Crippen molar-refractivity contribution in [1.29, 1.82) is 0 Å². The Hall–Kier alpha value is 0.781. The quantitative estimate of drug-likeness (QED) is 0.431. The molecule has 0 aromatic rings. The SMILES string of the molecule is [GaH3].[O]=[V](=[O])[OH]. The van der Waals surface area contributed by atoms with Crippen molar-refractivity contribution >= 4 is 19.8 Å². The van der Waals surface area contributed by atoms with Gasteiger partial charge in [0.1, 0.15) is 0 Å². The van der Waals surface area contributed by atoms with Crippen molar-refractivity contribution in [2.24, 2.45) is 0 Å². The predicted molar refractivity (Wildman–Crippen MR) is 13.5 cm³/mol. The van der Waals surface area contributed by atoms with E-state index in [-0.39, 0.29) is 19.8 Å². The summed E-state index contributed by atoms with van der Waals surface area (Å²) >= 11 is -3.69. The first-order valence-corrected chi connectivity index (χ1v) is 2.33. The molecule has 3 nitrogen and oxygen atoms in total. The maximum absolute atomic E-state index is 8.67. The van der Waals surface area contributed by atoms with E-state index in [0.29, 0.717) is 0 Å². The van der Waals surface area contributed by atoms with Gasteiger partial charge in [0.2, 0.25) is 0 Å². The predicted octanol–water partition coefficient (Wildman–Crippen LogP) is -1.98. The van der Waals surface area contributed by atoms with Crippen molar-refractivity contribution < 1.29 is 26.8 Å². The van der Waals surface area contributed by atoms with E-state index in [1.165, 1.54) is 0 Å². The van der Waals surface area contributed by atoms with Gasteiger partial charge in [-0.05, 0) is 0 Å². The van der Waals surface area contributed by atoms with E-state index in [1.54, 1.807) is 0 Å². The molecule has 0 fully saturated rings. The molecule has 0 atom stereocenters. The second-order valence-corrected chi connectivity index (χ2v) is 0.981. The first-order valence-electron chi connectivity index (χ1n) is 0.565. The van der Waals surface area contributed by atoms with Crippen LogP contribution < -0.4 is 0 Å². The zero-order valence-electron chi connectivity index (χ0n) is 1.71. The molecule has 0 aliphatic rings. The van der Waals surface area contributed by atoms with Crippen LogP contribution in [0.4, 0.5) is 0 Å². The van der Waals surface area contributed by atoms with E-state index in [4.69, 9.17) is 11.4 Å². The van der Waals surface area contributed by atoms with E-state index < -0.39 is 15.4 Å². The van der Waals surface area contributed by atoms with Crippen LogP contribution in [0.5, 0.6) is 0 Å². The Balaban J connectivity index is 0. The Morgan fingerprint density at radius 3 is 1.40 bits per heavy atom. The average Bonchev–Trinajstić information content (AvgIpc) is 0.811. The molecule has 0 unspecified atom stereocenters. The Morgan fingerprint density at radius 1 is 1.40 bits per heavy atom. The van der Waals surface area contributed by atoms with E-state index in [0.717, 1.165) is 0 Å². The summed E-state index contributed by atoms with van der Waals surface area (Å²) in [7, 11) is 0. The van der Waals surface area contributed by atoms with Crippen LogP contribution in [0, 0.1) is 0 Å². The van der Waals surface area contributed by atoms with Crippen molar-refractivity contribution in [3.8, 4) is 0 Å². The van der Waals surface area contributed by atoms with Gasteiger partial charge >= 0.3 is 46.6 Å². The number of hydrogen-bond donors (Lipinski definition) is 1. The molecule has 0 saturated carbocycles. The molecular weight excluding hydrogens is 169 g/mol. The molecule has 0 saturated heterocycles. The monoisotopic (exact) mass is 172 g/mol. The maximum atomic E-state index is 8.67. The van der Waals surface area contributed by atoms with Gasteiger partial charge in [-0.1, -0.05) is 0 Å². The van der Waals surface area contributed by atoms with Crippen LogP contribution in [0.25, 0.3) is 0 Å². The van der Waals surface area contributed by atoms with Crippen molar-refractivity contribution in [3.63, 3.8) is 0 Å². The second kappa shape index (κ2) is 4.78. The number of rotatable bonds is 0. The summed E-state index contributed by atoms with van der Waals surface area (Å²) in [6.07, 6.45) is 0. The van der Waals surface area contributed by atoms with Gasteiger partial charge in [-0.2, -0.15) is 0 Å². The molecule has 0 bridgehead atoms.